The van der Waals surface area contributed by atoms with Crippen LogP contribution in [0.4, 0.5) is 16.2 Å². The largest absolute Gasteiger partial charge is 0.335 e. The Morgan fingerprint density at radius 1 is 1.27 bits per heavy atom. The van der Waals surface area contributed by atoms with Crippen molar-refractivity contribution in [3.63, 3.8) is 0 Å². The molecule has 120 valence electrons. The quantitative estimate of drug-likeness (QED) is 0.895. The van der Waals surface area contributed by atoms with Gasteiger partial charge in [0.25, 0.3) is 0 Å². The van der Waals surface area contributed by atoms with E-state index in [1.807, 2.05) is 13.0 Å². The zero-order valence-corrected chi connectivity index (χ0v) is 13.4. The minimum atomic E-state index is -3.21. The Balaban J connectivity index is 1.75. The van der Waals surface area contributed by atoms with Crippen LogP contribution in [0, 0.1) is 6.92 Å². The van der Waals surface area contributed by atoms with Crippen LogP contribution in [0.3, 0.4) is 0 Å². The highest BCUT2D eigenvalue weighted by molar-refractivity contribution is 7.92. The first-order valence-corrected chi connectivity index (χ1v) is 9.25. The normalized spacial score (nSPS) is 20.5. The van der Waals surface area contributed by atoms with Gasteiger partial charge in [0, 0.05) is 18.3 Å². The molecule has 0 bridgehead atoms. The molecular formula is C15H21N3O3S. The number of aryl methyl sites for hydroxylation is 1. The summed E-state index contributed by atoms with van der Waals surface area (Å²) < 4.78 is 25.8. The molecule has 1 aliphatic heterocycles. The van der Waals surface area contributed by atoms with Crippen molar-refractivity contribution in [2.45, 2.75) is 38.6 Å². The highest BCUT2D eigenvalue weighted by Crippen LogP contribution is 2.29. The fourth-order valence-corrected chi connectivity index (χ4v) is 4.35. The number of nitrogens with one attached hydrogen (secondary N) is 2. The average Bonchev–Trinajstić information content (AvgIpc) is 3.23. The van der Waals surface area contributed by atoms with Crippen molar-refractivity contribution in [3.8, 4) is 0 Å². The van der Waals surface area contributed by atoms with Gasteiger partial charge in [0.15, 0.2) is 0 Å². The van der Waals surface area contributed by atoms with Crippen molar-refractivity contribution in [2.75, 3.05) is 21.9 Å². The van der Waals surface area contributed by atoms with Gasteiger partial charge in [-0.15, -0.1) is 0 Å². The molecule has 0 unspecified atom stereocenters. The first kappa shape index (κ1) is 15.1. The minimum Gasteiger partial charge on any atom is -0.335 e. The summed E-state index contributed by atoms with van der Waals surface area (Å²) in [4.78, 5) is 11.7. The molecule has 1 saturated heterocycles. The van der Waals surface area contributed by atoms with Crippen molar-refractivity contribution < 1.29 is 13.2 Å². The summed E-state index contributed by atoms with van der Waals surface area (Å²) >= 11 is 0. The van der Waals surface area contributed by atoms with Gasteiger partial charge in [-0.2, -0.15) is 0 Å². The van der Waals surface area contributed by atoms with E-state index in [2.05, 4.69) is 10.6 Å². The van der Waals surface area contributed by atoms with E-state index in [1.54, 1.807) is 12.1 Å². The van der Waals surface area contributed by atoms with Gasteiger partial charge < -0.3 is 10.6 Å². The number of hydrogen-bond donors (Lipinski definition) is 2. The molecule has 1 aromatic rings. The Kier molecular flexibility index (Phi) is 3.99. The number of hydrogen-bond acceptors (Lipinski definition) is 3. The molecule has 7 heteroatoms. The van der Waals surface area contributed by atoms with Gasteiger partial charge >= 0.3 is 6.03 Å². The fourth-order valence-electron chi connectivity index (χ4n) is 2.65. The fraction of sp³-hybridized carbons (Fsp3) is 0.533. The van der Waals surface area contributed by atoms with Crippen LogP contribution in [0.15, 0.2) is 18.2 Å². The Bertz CT molecular complexity index is 683. The van der Waals surface area contributed by atoms with Gasteiger partial charge in [-0.05, 0) is 56.4 Å². The van der Waals surface area contributed by atoms with Crippen LogP contribution in [0.1, 0.15) is 31.2 Å². The van der Waals surface area contributed by atoms with Crippen LogP contribution < -0.4 is 14.9 Å². The number of anilines is 2. The van der Waals surface area contributed by atoms with E-state index in [0.29, 0.717) is 24.0 Å². The van der Waals surface area contributed by atoms with Gasteiger partial charge in [0.05, 0.1) is 11.4 Å². The second kappa shape index (κ2) is 5.79. The summed E-state index contributed by atoms with van der Waals surface area (Å²) in [5.41, 5.74) is 2.22. The van der Waals surface area contributed by atoms with Gasteiger partial charge in [-0.25, -0.2) is 13.2 Å². The molecule has 0 aromatic heterocycles. The highest BCUT2D eigenvalue weighted by Gasteiger charge is 2.27. The number of carbonyl (C=O) groups is 1. The maximum atomic E-state index is 12.2. The number of amides is 2. The predicted molar refractivity (Wildman–Crippen MR) is 86.7 cm³/mol. The van der Waals surface area contributed by atoms with E-state index in [-0.39, 0.29) is 11.8 Å². The van der Waals surface area contributed by atoms with E-state index in [1.165, 1.54) is 4.31 Å². The third-order valence-electron chi connectivity index (χ3n) is 3.99. The molecule has 1 aliphatic carbocycles. The third kappa shape index (κ3) is 3.35. The standard InChI is InChI=1S/C15H21N3O3S/c1-11-10-13(17-15(19)16-12-4-5-12)6-7-14(11)18-8-2-3-9-22(18,20)21/h6-7,10,12H,2-5,8-9H2,1H3,(H2,16,17,19). The number of rotatable bonds is 3. The van der Waals surface area contributed by atoms with E-state index < -0.39 is 10.0 Å². The summed E-state index contributed by atoms with van der Waals surface area (Å²) in [6, 6.07) is 5.43. The summed E-state index contributed by atoms with van der Waals surface area (Å²) in [6.45, 7) is 2.39. The number of nitrogens with zero attached hydrogens (tertiary/aromatic N) is 1. The zero-order chi connectivity index (χ0) is 15.7. The molecule has 0 spiro atoms. The Morgan fingerprint density at radius 3 is 2.68 bits per heavy atom. The summed E-state index contributed by atoms with van der Waals surface area (Å²) in [7, 11) is -3.21. The van der Waals surface area contributed by atoms with Crippen molar-refractivity contribution in [1.29, 1.82) is 0 Å². The molecule has 0 atom stereocenters. The maximum Gasteiger partial charge on any atom is 0.319 e. The number of benzene rings is 1. The Labute approximate surface area is 130 Å². The number of sulfonamides is 1. The van der Waals surface area contributed by atoms with Crippen LogP contribution in [-0.2, 0) is 10.0 Å². The van der Waals surface area contributed by atoms with Crippen LogP contribution >= 0.6 is 0 Å². The molecule has 2 amide bonds. The summed E-state index contributed by atoms with van der Waals surface area (Å²) in [5, 5.41) is 5.64. The maximum absolute atomic E-state index is 12.2. The van der Waals surface area contributed by atoms with Crippen molar-refractivity contribution >= 4 is 27.4 Å². The Morgan fingerprint density at radius 2 is 2.05 bits per heavy atom. The number of carbonyl (C=O) groups excluding carboxylic acids is 1. The lowest BCUT2D eigenvalue weighted by atomic mass is 10.1. The highest BCUT2D eigenvalue weighted by atomic mass is 32.2. The SMILES string of the molecule is Cc1cc(NC(=O)NC2CC2)ccc1N1CCCCS1(=O)=O. The van der Waals surface area contributed by atoms with Crippen LogP contribution in [0.25, 0.3) is 0 Å². The minimum absolute atomic E-state index is 0.205. The van der Waals surface area contributed by atoms with E-state index in [4.69, 9.17) is 0 Å². The van der Waals surface area contributed by atoms with Crippen molar-refractivity contribution in [3.05, 3.63) is 23.8 Å². The predicted octanol–water partition coefficient (Wildman–Crippen LogP) is 2.21. The van der Waals surface area contributed by atoms with Crippen molar-refractivity contribution in [2.24, 2.45) is 0 Å². The summed E-state index contributed by atoms with van der Waals surface area (Å²) in [5.74, 6) is 0.205. The molecule has 1 saturated carbocycles. The lowest BCUT2D eigenvalue weighted by molar-refractivity contribution is 0.251. The van der Waals surface area contributed by atoms with E-state index in [9.17, 15) is 13.2 Å². The van der Waals surface area contributed by atoms with Gasteiger partial charge in [-0.3, -0.25) is 4.31 Å². The molecule has 2 fully saturated rings. The first-order valence-electron chi connectivity index (χ1n) is 7.64. The topological polar surface area (TPSA) is 78.5 Å². The van der Waals surface area contributed by atoms with Crippen LogP contribution in [-0.4, -0.2) is 32.8 Å². The molecule has 1 aromatic carbocycles. The Hall–Kier alpha value is -1.76. The van der Waals surface area contributed by atoms with Gasteiger partial charge in [0.2, 0.25) is 10.0 Å². The molecule has 3 rings (SSSR count). The van der Waals surface area contributed by atoms with Gasteiger partial charge in [-0.1, -0.05) is 0 Å². The molecule has 22 heavy (non-hydrogen) atoms. The molecule has 2 N–H and O–H groups in total. The molecule has 2 aliphatic rings. The number of urea groups is 1. The van der Waals surface area contributed by atoms with Gasteiger partial charge in [0.1, 0.15) is 0 Å². The zero-order valence-electron chi connectivity index (χ0n) is 12.6. The second-order valence-electron chi connectivity index (χ2n) is 5.97. The van der Waals surface area contributed by atoms with Crippen LogP contribution in [0.2, 0.25) is 0 Å². The lowest BCUT2D eigenvalue weighted by Crippen LogP contribution is -2.38. The average molecular weight is 323 g/mol. The molecule has 1 heterocycles. The van der Waals surface area contributed by atoms with Crippen molar-refractivity contribution in [1.82, 2.24) is 5.32 Å². The third-order valence-corrected chi connectivity index (χ3v) is 5.84. The van der Waals surface area contributed by atoms with Crippen LogP contribution in [0.5, 0.6) is 0 Å². The molecular weight excluding hydrogens is 302 g/mol. The first-order chi connectivity index (χ1) is 10.5. The summed E-state index contributed by atoms with van der Waals surface area (Å²) in [6.07, 6.45) is 3.68. The second-order valence-corrected chi connectivity index (χ2v) is 7.98. The monoisotopic (exact) mass is 323 g/mol. The van der Waals surface area contributed by atoms with E-state index in [0.717, 1.165) is 31.2 Å². The molecule has 0 radical (unpaired) electrons. The lowest BCUT2D eigenvalue weighted by Gasteiger charge is -2.29. The van der Waals surface area contributed by atoms with E-state index >= 15 is 0 Å². The smallest absolute Gasteiger partial charge is 0.319 e. The molecule has 6 nitrogen and oxygen atoms in total.